The molecule has 3 rings (SSSR count). The van der Waals surface area contributed by atoms with Crippen LogP contribution in [0.1, 0.15) is 30.5 Å². The van der Waals surface area contributed by atoms with Gasteiger partial charge in [-0.25, -0.2) is 13.2 Å². The van der Waals surface area contributed by atoms with E-state index in [1.807, 2.05) is 6.92 Å². The first-order valence-electron chi connectivity index (χ1n) is 8.96. The van der Waals surface area contributed by atoms with Gasteiger partial charge in [-0.3, -0.25) is 10.1 Å². The predicted molar refractivity (Wildman–Crippen MR) is 106 cm³/mol. The van der Waals surface area contributed by atoms with Crippen molar-refractivity contribution in [2.24, 2.45) is 0 Å². The average molecular weight is 416 g/mol. The highest BCUT2D eigenvalue weighted by Crippen LogP contribution is 2.42. The number of sulfonamides is 1. The van der Waals surface area contributed by atoms with Crippen molar-refractivity contribution in [3.63, 3.8) is 0 Å². The summed E-state index contributed by atoms with van der Waals surface area (Å²) in [4.78, 5) is 22.0. The van der Waals surface area contributed by atoms with Crippen LogP contribution in [0.25, 0.3) is 0 Å². The standard InChI is InChI=1S/C20H20N2O6S/c1-3-15-12-18(20(23)24)19(14-6-4-13(2)5-7-14)21(15)29(27,28)17-10-8-16(9-11-17)22(25)26/h4-12,15,19H,3H2,1-2H3,(H,23,24)/t15-,19+/m0/s1. The van der Waals surface area contributed by atoms with Gasteiger partial charge in [0, 0.05) is 18.2 Å². The van der Waals surface area contributed by atoms with Crippen LogP contribution in [0.5, 0.6) is 0 Å². The minimum absolute atomic E-state index is 0.00816. The maximum atomic E-state index is 13.4. The second-order valence-corrected chi connectivity index (χ2v) is 8.65. The van der Waals surface area contributed by atoms with Crippen molar-refractivity contribution < 1.29 is 23.2 Å². The fraction of sp³-hybridized carbons (Fsp3) is 0.250. The van der Waals surface area contributed by atoms with Gasteiger partial charge in [-0.15, -0.1) is 0 Å². The van der Waals surface area contributed by atoms with Crippen molar-refractivity contribution in [2.45, 2.75) is 37.2 Å². The first-order chi connectivity index (χ1) is 13.7. The van der Waals surface area contributed by atoms with E-state index in [4.69, 9.17) is 0 Å². The van der Waals surface area contributed by atoms with Crippen LogP contribution in [0.2, 0.25) is 0 Å². The Kier molecular flexibility index (Phi) is 5.54. The molecule has 0 spiro atoms. The summed E-state index contributed by atoms with van der Waals surface area (Å²) >= 11 is 0. The predicted octanol–water partition coefficient (Wildman–Crippen LogP) is 3.44. The normalized spacial score (nSPS) is 19.7. The number of aryl methyl sites for hydroxylation is 1. The number of benzene rings is 2. The molecule has 0 saturated carbocycles. The summed E-state index contributed by atoms with van der Waals surface area (Å²) in [5.74, 6) is -1.18. The topological polar surface area (TPSA) is 118 Å². The molecule has 0 unspecified atom stereocenters. The molecule has 0 bridgehead atoms. The number of carboxylic acids is 1. The molecule has 0 amide bonds. The maximum Gasteiger partial charge on any atom is 0.333 e. The molecule has 0 fully saturated rings. The second-order valence-electron chi connectivity index (χ2n) is 6.80. The average Bonchev–Trinajstić information content (AvgIpc) is 3.09. The van der Waals surface area contributed by atoms with Crippen LogP contribution in [0.15, 0.2) is 65.1 Å². The Hall–Kier alpha value is -3.04. The van der Waals surface area contributed by atoms with Gasteiger partial charge in [0.15, 0.2) is 0 Å². The lowest BCUT2D eigenvalue weighted by Crippen LogP contribution is -2.38. The van der Waals surface area contributed by atoms with E-state index >= 15 is 0 Å². The van der Waals surface area contributed by atoms with E-state index in [1.54, 1.807) is 31.2 Å². The highest BCUT2D eigenvalue weighted by Gasteiger charge is 2.45. The highest BCUT2D eigenvalue weighted by molar-refractivity contribution is 7.89. The van der Waals surface area contributed by atoms with Crippen molar-refractivity contribution in [3.8, 4) is 0 Å². The van der Waals surface area contributed by atoms with Gasteiger partial charge in [0.2, 0.25) is 10.0 Å². The monoisotopic (exact) mass is 416 g/mol. The van der Waals surface area contributed by atoms with Crippen LogP contribution in [-0.2, 0) is 14.8 Å². The summed E-state index contributed by atoms with van der Waals surface area (Å²) in [5, 5.41) is 20.6. The van der Waals surface area contributed by atoms with Crippen LogP contribution in [0.4, 0.5) is 5.69 Å². The van der Waals surface area contributed by atoms with E-state index in [0.717, 1.165) is 17.7 Å². The first kappa shape index (κ1) is 20.7. The largest absolute Gasteiger partial charge is 0.478 e. The minimum atomic E-state index is -4.12. The lowest BCUT2D eigenvalue weighted by molar-refractivity contribution is -0.384. The van der Waals surface area contributed by atoms with E-state index in [-0.39, 0.29) is 16.2 Å². The summed E-state index contributed by atoms with van der Waals surface area (Å²) in [6.07, 6.45) is 1.85. The van der Waals surface area contributed by atoms with Crippen molar-refractivity contribution in [3.05, 3.63) is 81.4 Å². The number of hydrogen-bond acceptors (Lipinski definition) is 5. The lowest BCUT2D eigenvalue weighted by atomic mass is 10.00. The number of non-ortho nitro benzene ring substituents is 1. The number of nitro groups is 1. The zero-order chi connectivity index (χ0) is 21.3. The number of carbonyl (C=O) groups is 1. The molecular formula is C20H20N2O6S. The van der Waals surface area contributed by atoms with E-state index in [0.29, 0.717) is 12.0 Å². The zero-order valence-corrected chi connectivity index (χ0v) is 16.7. The maximum absolute atomic E-state index is 13.4. The van der Waals surface area contributed by atoms with Gasteiger partial charge in [0.05, 0.1) is 21.4 Å². The molecule has 29 heavy (non-hydrogen) atoms. The lowest BCUT2D eigenvalue weighted by Gasteiger charge is -2.30. The van der Waals surface area contributed by atoms with E-state index in [2.05, 4.69) is 0 Å². The van der Waals surface area contributed by atoms with Crippen molar-refractivity contribution in [1.29, 1.82) is 0 Å². The third kappa shape index (κ3) is 3.79. The number of carboxylic acid groups (broad SMARTS) is 1. The van der Waals surface area contributed by atoms with Crippen LogP contribution >= 0.6 is 0 Å². The van der Waals surface area contributed by atoms with Crippen molar-refractivity contribution >= 4 is 21.7 Å². The molecule has 0 aromatic heterocycles. The Morgan fingerprint density at radius 3 is 2.21 bits per heavy atom. The number of nitrogens with zero attached hydrogens (tertiary/aromatic N) is 2. The Morgan fingerprint density at radius 1 is 1.14 bits per heavy atom. The Morgan fingerprint density at radius 2 is 1.72 bits per heavy atom. The summed E-state index contributed by atoms with van der Waals surface area (Å²) in [7, 11) is -4.12. The number of rotatable bonds is 6. The Bertz CT molecular complexity index is 1070. The van der Waals surface area contributed by atoms with Crippen molar-refractivity contribution in [2.75, 3.05) is 0 Å². The fourth-order valence-electron chi connectivity index (χ4n) is 3.44. The number of hydrogen-bond donors (Lipinski definition) is 1. The van der Waals surface area contributed by atoms with E-state index in [9.17, 15) is 28.4 Å². The summed E-state index contributed by atoms with van der Waals surface area (Å²) in [6, 6.07) is 9.98. The molecule has 9 heteroatoms. The molecular weight excluding hydrogens is 396 g/mol. The van der Waals surface area contributed by atoms with E-state index < -0.39 is 33.0 Å². The van der Waals surface area contributed by atoms with Crippen LogP contribution in [-0.4, -0.2) is 34.8 Å². The van der Waals surface area contributed by atoms with Gasteiger partial charge < -0.3 is 5.11 Å². The molecule has 2 aromatic rings. The molecule has 0 aliphatic carbocycles. The van der Waals surface area contributed by atoms with Crippen LogP contribution in [0, 0.1) is 17.0 Å². The van der Waals surface area contributed by atoms with Gasteiger partial charge in [0.25, 0.3) is 5.69 Å². The third-order valence-corrected chi connectivity index (χ3v) is 6.83. The molecule has 1 N–H and O–H groups in total. The van der Waals surface area contributed by atoms with Crippen molar-refractivity contribution in [1.82, 2.24) is 4.31 Å². The zero-order valence-electron chi connectivity index (χ0n) is 15.8. The number of nitro benzene ring substituents is 1. The second kappa shape index (κ2) is 7.76. The molecule has 8 nitrogen and oxygen atoms in total. The molecule has 152 valence electrons. The SMILES string of the molecule is CC[C@H]1C=C(C(=O)O)[C@@H](c2ccc(C)cc2)N1S(=O)(=O)c1ccc([N+](=O)[O-])cc1. The van der Waals surface area contributed by atoms with Gasteiger partial charge in [-0.05, 0) is 31.0 Å². The molecule has 0 saturated heterocycles. The molecule has 1 aliphatic rings. The van der Waals surface area contributed by atoms with Gasteiger partial charge in [-0.1, -0.05) is 42.8 Å². The summed E-state index contributed by atoms with van der Waals surface area (Å²) < 4.78 is 28.0. The summed E-state index contributed by atoms with van der Waals surface area (Å²) in [6.45, 7) is 3.66. The van der Waals surface area contributed by atoms with Gasteiger partial charge in [-0.2, -0.15) is 4.31 Å². The molecule has 0 radical (unpaired) electrons. The van der Waals surface area contributed by atoms with Crippen LogP contribution < -0.4 is 0 Å². The summed E-state index contributed by atoms with van der Waals surface area (Å²) in [5.41, 5.74) is 1.28. The Balaban J connectivity index is 2.13. The molecule has 2 aromatic carbocycles. The quantitative estimate of drug-likeness (QED) is 0.569. The molecule has 1 aliphatic heterocycles. The van der Waals surface area contributed by atoms with Gasteiger partial charge >= 0.3 is 5.97 Å². The smallest absolute Gasteiger partial charge is 0.333 e. The third-order valence-electron chi connectivity index (χ3n) is 4.93. The first-order valence-corrected chi connectivity index (χ1v) is 10.4. The van der Waals surface area contributed by atoms with Crippen LogP contribution in [0.3, 0.4) is 0 Å². The van der Waals surface area contributed by atoms with E-state index in [1.165, 1.54) is 22.5 Å². The molecule has 2 atom stereocenters. The fourth-order valence-corrected chi connectivity index (χ4v) is 5.24. The van der Waals surface area contributed by atoms with Gasteiger partial charge in [0.1, 0.15) is 0 Å². The highest BCUT2D eigenvalue weighted by atomic mass is 32.2. The number of aliphatic carboxylic acids is 1. The molecule has 1 heterocycles. The minimum Gasteiger partial charge on any atom is -0.478 e. The Labute approximate surface area is 168 Å².